The van der Waals surface area contributed by atoms with Crippen LogP contribution in [0.2, 0.25) is 0 Å². The molecule has 8 nitrogen and oxygen atoms in total. The zero-order valence-corrected chi connectivity index (χ0v) is 15.8. The topological polar surface area (TPSA) is 91.2 Å². The van der Waals surface area contributed by atoms with E-state index >= 15 is 0 Å². The van der Waals surface area contributed by atoms with Crippen LogP contribution < -0.4 is 10.1 Å². The summed E-state index contributed by atoms with van der Waals surface area (Å²) in [6.45, 7) is 2.44. The van der Waals surface area contributed by atoms with Gasteiger partial charge in [-0.2, -0.15) is 4.68 Å². The largest absolute Gasteiger partial charge is 0.494 e. The van der Waals surface area contributed by atoms with Crippen LogP contribution in [0.1, 0.15) is 28.8 Å². The van der Waals surface area contributed by atoms with Crippen LogP contribution in [0.5, 0.6) is 5.75 Å². The zero-order chi connectivity index (χ0) is 18.8. The fraction of sp³-hybridized carbons (Fsp3) is 0.333. The van der Waals surface area contributed by atoms with E-state index in [1.807, 2.05) is 0 Å². The lowest BCUT2D eigenvalue weighted by atomic mass is 10.1. The fourth-order valence-corrected chi connectivity index (χ4v) is 4.15. The molecular weight excluding hydrogens is 366 g/mol. The third-order valence-electron chi connectivity index (χ3n) is 4.45. The van der Waals surface area contributed by atoms with Crippen LogP contribution in [0.15, 0.2) is 29.6 Å². The fourth-order valence-electron chi connectivity index (χ4n) is 3.14. The Bertz CT molecular complexity index is 968. The van der Waals surface area contributed by atoms with Crippen LogP contribution in [0.4, 0.5) is 5.69 Å². The van der Waals surface area contributed by atoms with Gasteiger partial charge in [-0.15, -0.1) is 16.4 Å². The molecule has 9 heteroatoms. The Kier molecular flexibility index (Phi) is 4.87. The highest BCUT2D eigenvalue weighted by Crippen LogP contribution is 2.34. The molecule has 0 saturated carbocycles. The highest BCUT2D eigenvalue weighted by atomic mass is 32.1. The molecule has 0 bridgehead atoms. The summed E-state index contributed by atoms with van der Waals surface area (Å²) in [6, 6.07) is 7.47. The van der Waals surface area contributed by atoms with E-state index < -0.39 is 0 Å². The number of amides is 1. The van der Waals surface area contributed by atoms with Crippen LogP contribution in [-0.4, -0.2) is 39.8 Å². The first kappa shape index (κ1) is 17.6. The number of aryl methyl sites for hydroxylation is 1. The maximum atomic E-state index is 12.6. The van der Waals surface area contributed by atoms with E-state index in [0.29, 0.717) is 29.6 Å². The number of nitrogens with one attached hydrogen (secondary N) is 1. The van der Waals surface area contributed by atoms with Gasteiger partial charge in [0.1, 0.15) is 17.5 Å². The van der Waals surface area contributed by atoms with Crippen LogP contribution in [0.3, 0.4) is 0 Å². The lowest BCUT2D eigenvalue weighted by molar-refractivity contribution is -0.119. The van der Waals surface area contributed by atoms with Gasteiger partial charge in [0.25, 0.3) is 0 Å². The summed E-state index contributed by atoms with van der Waals surface area (Å²) >= 11 is 1.64. The van der Waals surface area contributed by atoms with E-state index in [9.17, 15) is 4.79 Å². The van der Waals surface area contributed by atoms with Crippen molar-refractivity contribution in [1.29, 1.82) is 0 Å². The van der Waals surface area contributed by atoms with E-state index in [-0.39, 0.29) is 18.4 Å². The second kappa shape index (κ2) is 7.45. The van der Waals surface area contributed by atoms with Gasteiger partial charge in [-0.1, -0.05) is 0 Å². The van der Waals surface area contributed by atoms with Crippen molar-refractivity contribution in [2.75, 3.05) is 19.0 Å². The Morgan fingerprint density at radius 1 is 1.44 bits per heavy atom. The van der Waals surface area contributed by atoms with Gasteiger partial charge in [0.05, 0.1) is 20.1 Å². The number of aromatic nitrogens is 4. The van der Waals surface area contributed by atoms with E-state index in [4.69, 9.17) is 9.47 Å². The lowest BCUT2D eigenvalue weighted by Crippen LogP contribution is -2.21. The lowest BCUT2D eigenvalue weighted by Gasteiger charge is -2.22. The quantitative estimate of drug-likeness (QED) is 0.726. The van der Waals surface area contributed by atoms with Gasteiger partial charge in [0, 0.05) is 10.6 Å². The molecule has 1 N–H and O–H groups in total. The normalized spacial score (nSPS) is 16.0. The van der Waals surface area contributed by atoms with Gasteiger partial charge in [-0.3, -0.25) is 4.79 Å². The first-order valence-electron chi connectivity index (χ1n) is 8.57. The number of anilines is 1. The second-order valence-corrected chi connectivity index (χ2v) is 7.14. The molecule has 0 unspecified atom stereocenters. The van der Waals surface area contributed by atoms with Crippen molar-refractivity contribution in [3.8, 4) is 11.4 Å². The number of ether oxygens (including phenoxy) is 2. The summed E-state index contributed by atoms with van der Waals surface area (Å²) in [5, 5.41) is 16.5. The predicted molar refractivity (Wildman–Crippen MR) is 100 cm³/mol. The monoisotopic (exact) mass is 385 g/mol. The third-order valence-corrected chi connectivity index (χ3v) is 5.50. The van der Waals surface area contributed by atoms with Crippen molar-refractivity contribution in [2.45, 2.75) is 25.9 Å². The van der Waals surface area contributed by atoms with Gasteiger partial charge in [0.15, 0.2) is 5.82 Å². The van der Waals surface area contributed by atoms with E-state index in [0.717, 1.165) is 11.3 Å². The number of nitrogens with zero attached hydrogens (tertiary/aromatic N) is 4. The number of rotatable bonds is 5. The summed E-state index contributed by atoms with van der Waals surface area (Å²) < 4.78 is 12.8. The summed E-state index contributed by atoms with van der Waals surface area (Å²) in [5.41, 5.74) is 2.59. The number of hydrogen-bond donors (Lipinski definition) is 1. The van der Waals surface area contributed by atoms with Crippen molar-refractivity contribution >= 4 is 22.9 Å². The highest BCUT2D eigenvalue weighted by Gasteiger charge is 2.25. The molecule has 1 aliphatic rings. The molecule has 3 aromatic rings. The zero-order valence-electron chi connectivity index (χ0n) is 15.0. The molecular formula is C18H19N5O3S. The average molecular weight is 385 g/mol. The minimum Gasteiger partial charge on any atom is -0.494 e. The van der Waals surface area contributed by atoms with Crippen LogP contribution in [0, 0.1) is 6.92 Å². The number of tetrazole rings is 1. The van der Waals surface area contributed by atoms with Crippen molar-refractivity contribution in [3.63, 3.8) is 0 Å². The van der Waals surface area contributed by atoms with Crippen molar-refractivity contribution in [2.24, 2.45) is 0 Å². The van der Waals surface area contributed by atoms with E-state index in [2.05, 4.69) is 32.3 Å². The molecule has 0 fully saturated rings. The third kappa shape index (κ3) is 3.56. The molecule has 1 aliphatic heterocycles. The first-order chi connectivity index (χ1) is 13.2. The number of carbonyl (C=O) groups excluding carboxylic acids is 1. The Hall–Kier alpha value is -2.78. The van der Waals surface area contributed by atoms with Gasteiger partial charge in [-0.05, 0) is 59.0 Å². The van der Waals surface area contributed by atoms with Crippen molar-refractivity contribution in [3.05, 3.63) is 45.9 Å². The van der Waals surface area contributed by atoms with Crippen molar-refractivity contribution < 1.29 is 14.3 Å². The maximum absolute atomic E-state index is 12.6. The Balaban J connectivity index is 1.52. The molecule has 0 spiro atoms. The minimum atomic E-state index is -0.187. The SMILES string of the molecule is COc1ccc(NC(=O)C[C@H]2OCCc3ccsc32)cc1-n1nnnc1C. The summed E-state index contributed by atoms with van der Waals surface area (Å²) in [5.74, 6) is 1.13. The van der Waals surface area contributed by atoms with Crippen LogP contribution in [0.25, 0.3) is 5.69 Å². The Labute approximate surface area is 160 Å². The molecule has 4 rings (SSSR count). The van der Waals surface area contributed by atoms with Gasteiger partial charge < -0.3 is 14.8 Å². The molecule has 0 saturated heterocycles. The minimum absolute atomic E-state index is 0.106. The molecule has 0 aliphatic carbocycles. The number of hydrogen-bond acceptors (Lipinski definition) is 7. The van der Waals surface area contributed by atoms with Crippen LogP contribution >= 0.6 is 11.3 Å². The van der Waals surface area contributed by atoms with Gasteiger partial charge >= 0.3 is 0 Å². The number of methoxy groups -OCH3 is 1. The molecule has 1 aromatic carbocycles. The first-order valence-corrected chi connectivity index (χ1v) is 9.45. The highest BCUT2D eigenvalue weighted by molar-refractivity contribution is 7.10. The standard InChI is InChI=1S/C18H19N5O3S/c1-11-20-21-22-23(11)14-9-13(3-4-15(14)25-2)19-17(24)10-16-18-12(5-7-26-16)6-8-27-18/h3-4,6,8-9,16H,5,7,10H2,1-2H3,(H,19,24)/t16-/m1/s1. The van der Waals surface area contributed by atoms with Crippen molar-refractivity contribution in [1.82, 2.24) is 20.2 Å². The Morgan fingerprint density at radius 3 is 3.11 bits per heavy atom. The summed E-state index contributed by atoms with van der Waals surface area (Å²) in [6.07, 6.45) is 0.997. The van der Waals surface area contributed by atoms with Gasteiger partial charge in [-0.25, -0.2) is 0 Å². The average Bonchev–Trinajstić information content (AvgIpc) is 3.31. The molecule has 27 heavy (non-hydrogen) atoms. The smallest absolute Gasteiger partial charge is 0.227 e. The molecule has 1 amide bonds. The number of thiophene rings is 1. The van der Waals surface area contributed by atoms with Crippen LogP contribution in [-0.2, 0) is 16.0 Å². The number of benzene rings is 1. The predicted octanol–water partition coefficient (Wildman–Crippen LogP) is 2.68. The summed E-state index contributed by atoms with van der Waals surface area (Å²) in [4.78, 5) is 13.7. The second-order valence-electron chi connectivity index (χ2n) is 6.20. The molecule has 0 radical (unpaired) electrons. The number of carbonyl (C=O) groups is 1. The van der Waals surface area contributed by atoms with E-state index in [1.54, 1.807) is 48.3 Å². The molecule has 3 heterocycles. The maximum Gasteiger partial charge on any atom is 0.227 e. The Morgan fingerprint density at radius 2 is 2.33 bits per heavy atom. The molecule has 140 valence electrons. The molecule has 1 atom stereocenters. The van der Waals surface area contributed by atoms with E-state index in [1.165, 1.54) is 5.56 Å². The molecule has 2 aromatic heterocycles. The van der Waals surface area contributed by atoms with Gasteiger partial charge in [0.2, 0.25) is 5.91 Å². The summed E-state index contributed by atoms with van der Waals surface area (Å²) in [7, 11) is 1.58. The number of fused-ring (bicyclic) bond motifs is 1.